The highest BCUT2D eigenvalue weighted by atomic mass is 32.3. The molecule has 1 unspecified atom stereocenters. The Balaban J connectivity index is 1.55. The summed E-state index contributed by atoms with van der Waals surface area (Å²) in [6.45, 7) is 11.0. The van der Waals surface area contributed by atoms with Crippen LogP contribution in [0.3, 0.4) is 0 Å². The topological polar surface area (TPSA) is 101 Å². The molecule has 0 aromatic carbocycles. The number of hydrogen-bond acceptors (Lipinski definition) is 5. The zero-order valence-electron chi connectivity index (χ0n) is 23.8. The first kappa shape index (κ1) is 29.8. The normalized spacial score (nSPS) is 36.9. The van der Waals surface area contributed by atoms with Crippen LogP contribution < -0.4 is 0 Å². The second kappa shape index (κ2) is 11.0. The zero-order valence-corrected chi connectivity index (χ0v) is 25.5. The lowest BCUT2D eigenvalue weighted by Gasteiger charge is -2.66. The van der Waals surface area contributed by atoms with Gasteiger partial charge in [0, 0.05) is 41.5 Å². The second-order valence-corrected chi connectivity index (χ2v) is 16.1. The van der Waals surface area contributed by atoms with Crippen molar-refractivity contribution in [3.8, 4) is 0 Å². The SMILES string of the molecule is CS(=O)CCCN1CC=C(CC[C@H]2/C(=C/OS(=O)(=O)O)CC[C@H]3[C@]2(C)CC[C@H]2C(C)(C)CCC[C@]32C)C1=O. The molecule has 7 nitrogen and oxygen atoms in total. The fraction of sp³-hybridized carbons (Fsp3) is 0.828. The number of carbonyl (C=O) groups excluding carboxylic acids is 1. The van der Waals surface area contributed by atoms with Gasteiger partial charge in [-0.2, -0.15) is 8.42 Å². The van der Waals surface area contributed by atoms with Crippen LogP contribution in [0.4, 0.5) is 0 Å². The van der Waals surface area contributed by atoms with Crippen LogP contribution in [0.2, 0.25) is 0 Å². The lowest BCUT2D eigenvalue weighted by atomic mass is 9.39. The Morgan fingerprint density at radius 1 is 1.13 bits per heavy atom. The minimum Gasteiger partial charge on any atom is -0.370 e. The molecule has 6 atom stereocenters. The van der Waals surface area contributed by atoms with Crippen molar-refractivity contribution in [3.05, 3.63) is 23.5 Å². The lowest BCUT2D eigenvalue weighted by molar-refractivity contribution is -0.154. The number of carbonyl (C=O) groups is 1. The maximum atomic E-state index is 13.1. The summed E-state index contributed by atoms with van der Waals surface area (Å²) in [6, 6.07) is 0. The van der Waals surface area contributed by atoms with E-state index in [1.54, 1.807) is 6.26 Å². The predicted octanol–water partition coefficient (Wildman–Crippen LogP) is 5.67. The van der Waals surface area contributed by atoms with E-state index in [9.17, 15) is 22.0 Å². The highest BCUT2D eigenvalue weighted by molar-refractivity contribution is 7.84. The summed E-state index contributed by atoms with van der Waals surface area (Å²) < 4.78 is 48.4. The van der Waals surface area contributed by atoms with Gasteiger partial charge in [0.05, 0.1) is 0 Å². The average Bonchev–Trinajstić information content (AvgIpc) is 3.14. The number of rotatable bonds is 9. The van der Waals surface area contributed by atoms with Gasteiger partial charge in [0.2, 0.25) is 5.91 Å². The van der Waals surface area contributed by atoms with Crippen LogP contribution in [0.1, 0.15) is 91.9 Å². The molecule has 1 heterocycles. The summed E-state index contributed by atoms with van der Waals surface area (Å²) in [4.78, 5) is 14.9. The van der Waals surface area contributed by atoms with E-state index < -0.39 is 21.2 Å². The van der Waals surface area contributed by atoms with Gasteiger partial charge in [-0.25, -0.2) is 0 Å². The standard InChI is InChI=1S/C29H47NO6S2/c1-27(2)14-6-15-29(4)24(27)12-16-28(3)23(22(9-11-25(28)29)20-36-38(33,34)35)10-8-21-13-18-30(26(21)31)17-7-19-37(5)32/h13,20,23-25H,6-12,14-19H2,1-5H3,(H,33,34,35)/b22-20+/t23-,24-,25-,28+,29-,37?/m0/s1. The van der Waals surface area contributed by atoms with E-state index >= 15 is 0 Å². The van der Waals surface area contributed by atoms with Gasteiger partial charge in [0.1, 0.15) is 6.26 Å². The smallest absolute Gasteiger partial charge is 0.370 e. The highest BCUT2D eigenvalue weighted by Crippen LogP contribution is 2.69. The van der Waals surface area contributed by atoms with Crippen LogP contribution >= 0.6 is 0 Å². The minimum atomic E-state index is -4.57. The molecule has 3 saturated carbocycles. The molecule has 4 rings (SSSR count). The molecule has 216 valence electrons. The summed E-state index contributed by atoms with van der Waals surface area (Å²) in [5.41, 5.74) is 2.29. The van der Waals surface area contributed by atoms with E-state index in [0.29, 0.717) is 42.5 Å². The molecule has 1 aliphatic heterocycles. The van der Waals surface area contributed by atoms with Crippen molar-refractivity contribution >= 4 is 27.1 Å². The first-order valence-corrected chi connectivity index (χ1v) is 17.4. The van der Waals surface area contributed by atoms with Gasteiger partial charge in [-0.3, -0.25) is 13.6 Å². The third kappa shape index (κ3) is 5.95. The predicted molar refractivity (Wildman–Crippen MR) is 151 cm³/mol. The van der Waals surface area contributed by atoms with Crippen molar-refractivity contribution in [2.24, 2.45) is 34.0 Å². The Labute approximate surface area is 232 Å². The summed E-state index contributed by atoms with van der Waals surface area (Å²) in [6.07, 6.45) is 14.8. The number of hydrogen-bond donors (Lipinski definition) is 1. The number of amides is 1. The number of fused-ring (bicyclic) bond motifs is 3. The van der Waals surface area contributed by atoms with E-state index in [0.717, 1.165) is 49.7 Å². The molecule has 9 heteroatoms. The van der Waals surface area contributed by atoms with Gasteiger partial charge in [0.15, 0.2) is 0 Å². The fourth-order valence-corrected chi connectivity index (χ4v) is 9.99. The summed E-state index contributed by atoms with van der Waals surface area (Å²) in [5, 5.41) is 0. The maximum absolute atomic E-state index is 13.1. The zero-order chi connectivity index (χ0) is 27.9. The van der Waals surface area contributed by atoms with Crippen LogP contribution in [0.25, 0.3) is 0 Å². The Kier molecular flexibility index (Phi) is 8.62. The van der Waals surface area contributed by atoms with Crippen molar-refractivity contribution in [3.63, 3.8) is 0 Å². The van der Waals surface area contributed by atoms with Gasteiger partial charge >= 0.3 is 10.4 Å². The monoisotopic (exact) mass is 569 g/mol. The maximum Gasteiger partial charge on any atom is 0.445 e. The largest absolute Gasteiger partial charge is 0.445 e. The first-order chi connectivity index (χ1) is 17.7. The molecule has 1 amide bonds. The van der Waals surface area contributed by atoms with E-state index in [-0.39, 0.29) is 22.7 Å². The Morgan fingerprint density at radius 2 is 1.87 bits per heavy atom. The lowest BCUT2D eigenvalue weighted by Crippen LogP contribution is -2.58. The summed E-state index contributed by atoms with van der Waals surface area (Å²) >= 11 is 0. The molecule has 1 N–H and O–H groups in total. The van der Waals surface area contributed by atoms with Crippen LogP contribution in [-0.2, 0) is 30.2 Å². The van der Waals surface area contributed by atoms with Crippen molar-refractivity contribution in [2.75, 3.05) is 25.1 Å². The molecule has 0 radical (unpaired) electrons. The van der Waals surface area contributed by atoms with E-state index in [2.05, 4.69) is 27.7 Å². The quantitative estimate of drug-likeness (QED) is 0.284. The highest BCUT2D eigenvalue weighted by Gasteiger charge is 2.61. The van der Waals surface area contributed by atoms with Gasteiger partial charge in [-0.15, -0.1) is 0 Å². The summed E-state index contributed by atoms with van der Waals surface area (Å²) in [5.74, 6) is 1.93. The van der Waals surface area contributed by atoms with Crippen LogP contribution in [0.5, 0.6) is 0 Å². The molecule has 0 aromatic rings. The average molecular weight is 570 g/mol. The molecule has 38 heavy (non-hydrogen) atoms. The van der Waals surface area contributed by atoms with Crippen molar-refractivity contribution in [1.82, 2.24) is 4.90 Å². The minimum absolute atomic E-state index is 0.0293. The number of allylic oxidation sites excluding steroid dienone is 1. The third-order valence-electron chi connectivity index (χ3n) is 10.8. The first-order valence-electron chi connectivity index (χ1n) is 14.3. The molecule has 0 bridgehead atoms. The molecular weight excluding hydrogens is 522 g/mol. The van der Waals surface area contributed by atoms with Crippen LogP contribution in [0.15, 0.2) is 23.5 Å². The molecule has 3 aliphatic carbocycles. The molecule has 0 aromatic heterocycles. The Bertz CT molecular complexity index is 1110. The van der Waals surface area contributed by atoms with Crippen LogP contribution in [-0.4, -0.2) is 53.1 Å². The van der Waals surface area contributed by atoms with Crippen molar-refractivity contribution in [1.29, 1.82) is 0 Å². The van der Waals surface area contributed by atoms with E-state index in [4.69, 9.17) is 4.18 Å². The van der Waals surface area contributed by atoms with E-state index in [1.165, 1.54) is 25.5 Å². The molecule has 0 saturated heterocycles. The van der Waals surface area contributed by atoms with E-state index in [1.807, 2.05) is 11.0 Å². The summed E-state index contributed by atoms with van der Waals surface area (Å²) in [7, 11) is -5.43. The number of nitrogens with zero attached hydrogens (tertiary/aromatic N) is 1. The molecule has 0 spiro atoms. The second-order valence-electron chi connectivity index (χ2n) is 13.5. The van der Waals surface area contributed by atoms with Gasteiger partial charge < -0.3 is 9.08 Å². The Hall–Kier alpha value is -1.19. The van der Waals surface area contributed by atoms with Crippen molar-refractivity contribution < 1.29 is 26.2 Å². The van der Waals surface area contributed by atoms with Gasteiger partial charge in [0.25, 0.3) is 0 Å². The van der Waals surface area contributed by atoms with Gasteiger partial charge in [-0.05, 0) is 97.4 Å². The van der Waals surface area contributed by atoms with Crippen LogP contribution in [0, 0.1) is 34.0 Å². The Morgan fingerprint density at radius 3 is 2.55 bits per heavy atom. The molecule has 3 fully saturated rings. The fourth-order valence-electron chi connectivity index (χ4n) is 9.20. The van der Waals surface area contributed by atoms with Gasteiger partial charge in [-0.1, -0.05) is 40.2 Å². The van der Waals surface area contributed by atoms with Crippen molar-refractivity contribution in [2.45, 2.75) is 91.9 Å². The third-order valence-corrected chi connectivity index (χ3v) is 12.0. The molecule has 4 aliphatic rings. The molecular formula is C29H47NO6S2.